The van der Waals surface area contributed by atoms with Crippen molar-refractivity contribution >= 4 is 29.3 Å². The molecule has 0 aliphatic heterocycles. The predicted octanol–water partition coefficient (Wildman–Crippen LogP) is 3.14. The predicted molar refractivity (Wildman–Crippen MR) is 99.3 cm³/mol. The lowest BCUT2D eigenvalue weighted by atomic mass is 10.2. The molecule has 0 heterocycles. The first-order chi connectivity index (χ1) is 10.7. The summed E-state index contributed by atoms with van der Waals surface area (Å²) in [6, 6.07) is 8.48. The lowest BCUT2D eigenvalue weighted by Crippen LogP contribution is -2.51. The molecule has 0 bridgehead atoms. The van der Waals surface area contributed by atoms with Gasteiger partial charge in [-0.2, -0.15) is 0 Å². The third kappa shape index (κ3) is 10.9. The highest BCUT2D eigenvalue weighted by Crippen LogP contribution is 2.15. The van der Waals surface area contributed by atoms with E-state index >= 15 is 0 Å². The highest BCUT2D eigenvalue weighted by molar-refractivity contribution is 8.63. The van der Waals surface area contributed by atoms with E-state index in [1.54, 1.807) is 20.8 Å². The number of benzene rings is 1. The molecule has 23 heavy (non-hydrogen) atoms. The number of aryl methyl sites for hydroxylation is 2. The summed E-state index contributed by atoms with van der Waals surface area (Å²) in [5.74, 6) is 0. The smallest absolute Gasteiger partial charge is 0.373 e. The van der Waals surface area contributed by atoms with Crippen molar-refractivity contribution in [1.82, 2.24) is 0 Å². The second-order valence-corrected chi connectivity index (χ2v) is 11.1. The fourth-order valence-electron chi connectivity index (χ4n) is 1.77. The van der Waals surface area contributed by atoms with Crippen LogP contribution in [0.25, 0.3) is 0 Å². The summed E-state index contributed by atoms with van der Waals surface area (Å²) in [5, 5.41) is -0.293. The normalized spacial score (nSPS) is 11.7. The van der Waals surface area contributed by atoms with Gasteiger partial charge in [0.05, 0.1) is 0 Å². The molecule has 0 aromatic heterocycles. The van der Waals surface area contributed by atoms with Crippen molar-refractivity contribution in [1.29, 1.82) is 0 Å². The SMILES string of the molecule is CCO[Si](CS(=O)(=O)S)(OCC)OCC.Cc1ccc(C)cc1. The third-order valence-corrected chi connectivity index (χ3v) is 8.89. The lowest BCUT2D eigenvalue weighted by Gasteiger charge is -2.27. The van der Waals surface area contributed by atoms with Crippen molar-refractivity contribution < 1.29 is 21.7 Å². The fraction of sp³-hybridized carbons (Fsp3) is 0.600. The average Bonchev–Trinajstić information content (AvgIpc) is 2.42. The molecule has 0 N–H and O–H groups in total. The van der Waals surface area contributed by atoms with Gasteiger partial charge in [-0.3, -0.25) is 0 Å². The maximum Gasteiger partial charge on any atom is 0.517 e. The maximum absolute atomic E-state index is 11.1. The van der Waals surface area contributed by atoms with E-state index in [4.69, 9.17) is 13.3 Å². The van der Waals surface area contributed by atoms with Crippen LogP contribution in [-0.2, 0) is 22.1 Å². The van der Waals surface area contributed by atoms with Crippen LogP contribution in [0.5, 0.6) is 0 Å². The van der Waals surface area contributed by atoms with Gasteiger partial charge >= 0.3 is 8.80 Å². The minimum Gasteiger partial charge on any atom is -0.373 e. The van der Waals surface area contributed by atoms with Gasteiger partial charge in [-0.1, -0.05) is 35.4 Å². The number of rotatable bonds is 8. The molecule has 0 atom stereocenters. The number of thiol groups is 1. The first kappa shape index (κ1) is 22.6. The molecule has 0 fully saturated rings. The Morgan fingerprint density at radius 3 is 1.39 bits per heavy atom. The van der Waals surface area contributed by atoms with Gasteiger partial charge in [0.25, 0.3) is 0 Å². The van der Waals surface area contributed by atoms with Gasteiger partial charge in [0, 0.05) is 19.8 Å². The van der Waals surface area contributed by atoms with Crippen LogP contribution in [-0.4, -0.2) is 42.4 Å². The summed E-state index contributed by atoms with van der Waals surface area (Å²) in [6.07, 6.45) is 0. The first-order valence-electron chi connectivity index (χ1n) is 7.58. The quantitative estimate of drug-likeness (QED) is 0.426. The van der Waals surface area contributed by atoms with Gasteiger partial charge in [0.15, 0.2) is 0 Å². The van der Waals surface area contributed by atoms with E-state index in [0.29, 0.717) is 19.8 Å². The van der Waals surface area contributed by atoms with E-state index in [1.165, 1.54) is 11.1 Å². The van der Waals surface area contributed by atoms with Gasteiger partial charge in [-0.25, -0.2) is 8.42 Å². The van der Waals surface area contributed by atoms with Gasteiger partial charge in [0.2, 0.25) is 8.87 Å². The number of hydrogen-bond donors (Lipinski definition) is 1. The van der Waals surface area contributed by atoms with Crippen molar-refractivity contribution in [2.24, 2.45) is 0 Å². The van der Waals surface area contributed by atoms with Crippen LogP contribution in [0.3, 0.4) is 0 Å². The second kappa shape index (κ2) is 11.2. The summed E-state index contributed by atoms with van der Waals surface area (Å²) in [4.78, 5) is 0. The molecule has 0 aliphatic rings. The van der Waals surface area contributed by atoms with Crippen molar-refractivity contribution in [3.63, 3.8) is 0 Å². The summed E-state index contributed by atoms with van der Waals surface area (Å²) in [7, 11) is -6.56. The summed E-state index contributed by atoms with van der Waals surface area (Å²) >= 11 is 3.49. The molecule has 0 unspecified atom stereocenters. The zero-order valence-corrected chi connectivity index (χ0v) is 17.2. The molecule has 1 rings (SSSR count). The van der Waals surface area contributed by atoms with Crippen LogP contribution in [0, 0.1) is 13.8 Å². The highest BCUT2D eigenvalue weighted by Gasteiger charge is 2.44. The third-order valence-electron chi connectivity index (χ3n) is 2.67. The van der Waals surface area contributed by atoms with Crippen molar-refractivity contribution in [2.45, 2.75) is 34.6 Å². The van der Waals surface area contributed by atoms with Crippen LogP contribution < -0.4 is 0 Å². The second-order valence-electron chi connectivity index (χ2n) is 4.86. The van der Waals surface area contributed by atoms with Crippen molar-refractivity contribution in [3.8, 4) is 0 Å². The zero-order chi connectivity index (χ0) is 17.9. The molecular formula is C15H28O5S2Si. The van der Waals surface area contributed by atoms with Crippen LogP contribution in [0.4, 0.5) is 0 Å². The maximum atomic E-state index is 11.1. The molecule has 0 radical (unpaired) electrons. The van der Waals surface area contributed by atoms with E-state index in [9.17, 15) is 8.42 Å². The molecule has 134 valence electrons. The van der Waals surface area contributed by atoms with Gasteiger partial charge < -0.3 is 13.3 Å². The van der Waals surface area contributed by atoms with Crippen LogP contribution in [0.1, 0.15) is 31.9 Å². The minimum absolute atomic E-state index is 0.293. The van der Waals surface area contributed by atoms with Gasteiger partial charge in [0.1, 0.15) is 5.38 Å². The highest BCUT2D eigenvalue weighted by atomic mass is 33.1. The summed E-state index contributed by atoms with van der Waals surface area (Å²) in [5.41, 5.74) is 2.66. The Labute approximate surface area is 146 Å². The lowest BCUT2D eigenvalue weighted by molar-refractivity contribution is 0.0769. The van der Waals surface area contributed by atoms with Crippen molar-refractivity contribution in [3.05, 3.63) is 35.4 Å². The fourth-order valence-corrected chi connectivity index (χ4v) is 7.55. The van der Waals surface area contributed by atoms with Crippen molar-refractivity contribution in [2.75, 3.05) is 25.2 Å². The Morgan fingerprint density at radius 1 is 0.870 bits per heavy atom. The molecule has 0 aliphatic carbocycles. The zero-order valence-electron chi connectivity index (χ0n) is 14.5. The molecule has 5 nitrogen and oxygen atoms in total. The standard InChI is InChI=1S/C8H10.C7H18O5S2Si/c1-7-3-5-8(2)6-4-7;1-4-10-15(11-5-2,12-6-3)7-14(8,9)13/h3-6H,1-2H3;4-7H2,1-3H3,(H,8,9,13). The van der Waals surface area contributed by atoms with Crippen LogP contribution in [0.2, 0.25) is 0 Å². The first-order valence-corrected chi connectivity index (χ1v) is 12.2. The van der Waals surface area contributed by atoms with E-state index < -0.39 is 17.7 Å². The van der Waals surface area contributed by atoms with Crippen LogP contribution >= 0.6 is 11.7 Å². The van der Waals surface area contributed by atoms with E-state index in [-0.39, 0.29) is 5.38 Å². The molecule has 0 saturated carbocycles. The molecular weight excluding hydrogens is 352 g/mol. The van der Waals surface area contributed by atoms with Gasteiger partial charge in [-0.15, -0.1) is 0 Å². The minimum atomic E-state index is -3.47. The van der Waals surface area contributed by atoms with E-state index in [0.717, 1.165) is 0 Å². The molecule has 1 aromatic rings. The Bertz CT molecular complexity index is 493. The van der Waals surface area contributed by atoms with Crippen LogP contribution in [0.15, 0.2) is 24.3 Å². The molecule has 0 amide bonds. The average molecular weight is 381 g/mol. The number of hydrogen-bond acceptors (Lipinski definition) is 5. The Hall–Kier alpha value is -0.383. The molecule has 0 spiro atoms. The monoisotopic (exact) mass is 380 g/mol. The molecule has 8 heteroatoms. The molecule has 1 aromatic carbocycles. The van der Waals surface area contributed by atoms with E-state index in [2.05, 4.69) is 49.8 Å². The van der Waals surface area contributed by atoms with E-state index in [1.807, 2.05) is 0 Å². The topological polar surface area (TPSA) is 61.8 Å². The Balaban J connectivity index is 0.000000502. The Kier molecular flexibility index (Phi) is 11.0. The summed E-state index contributed by atoms with van der Waals surface area (Å²) in [6.45, 7) is 10.6. The largest absolute Gasteiger partial charge is 0.517 e. The summed E-state index contributed by atoms with van der Waals surface area (Å²) < 4.78 is 38.3. The van der Waals surface area contributed by atoms with Gasteiger partial charge in [-0.05, 0) is 46.3 Å². The molecule has 0 saturated heterocycles. The Morgan fingerprint density at radius 2 is 1.17 bits per heavy atom.